The van der Waals surface area contributed by atoms with Crippen molar-refractivity contribution in [2.75, 3.05) is 24.8 Å². The fraction of sp³-hybridized carbons (Fsp3) is 0.545. The molecule has 16 heteroatoms. The van der Waals surface area contributed by atoms with Crippen molar-refractivity contribution in [2.24, 2.45) is 5.92 Å². The third-order valence-electron chi connectivity index (χ3n) is 8.70. The fourth-order valence-electron chi connectivity index (χ4n) is 5.79. The number of rotatable bonds is 13. The Balaban J connectivity index is 0.000000286. The van der Waals surface area contributed by atoms with Crippen LogP contribution in [0.4, 0.5) is 17.1 Å². The summed E-state index contributed by atoms with van der Waals surface area (Å²) in [4.78, 5) is 58.4. The zero-order valence-corrected chi connectivity index (χ0v) is 29.8. The van der Waals surface area contributed by atoms with E-state index in [1.807, 2.05) is 13.8 Å². The van der Waals surface area contributed by atoms with Crippen molar-refractivity contribution >= 4 is 55.9 Å². The largest absolute Gasteiger partial charge is 0.376 e. The Kier molecular flexibility index (Phi) is 13.9. The number of hydrogen-bond donors (Lipinski definition) is 1. The van der Waals surface area contributed by atoms with E-state index in [4.69, 9.17) is 21.1 Å². The lowest BCUT2D eigenvalue weighted by Crippen LogP contribution is -2.35. The van der Waals surface area contributed by atoms with Crippen LogP contribution in [0.3, 0.4) is 0 Å². The summed E-state index contributed by atoms with van der Waals surface area (Å²) in [5, 5.41) is 25.3. The van der Waals surface area contributed by atoms with Crippen molar-refractivity contribution in [3.63, 3.8) is 0 Å². The van der Waals surface area contributed by atoms with Gasteiger partial charge >= 0.3 is 5.69 Å². The van der Waals surface area contributed by atoms with E-state index in [0.717, 1.165) is 31.9 Å². The van der Waals surface area contributed by atoms with Crippen molar-refractivity contribution < 1.29 is 42.1 Å². The summed E-state index contributed by atoms with van der Waals surface area (Å²) in [6.45, 7) is 7.91. The number of carbonyl (C=O) groups is 3. The molecule has 2 aliphatic rings. The van der Waals surface area contributed by atoms with E-state index in [9.17, 15) is 43.0 Å². The molecule has 1 N–H and O–H groups in total. The molecule has 0 amide bonds. The highest BCUT2D eigenvalue weighted by Crippen LogP contribution is 2.40. The first kappa shape index (κ1) is 39.6. The SMILES string of the molecule is CCC(CC)Nc1c([N+](=O)[O-])cc(C)c(C)c1[N+](=O)[O-].CS(=O)(=O)c1ccc(C(=O)C2C(=O)CCCC2=O)c(Cl)c1COCC1CCCO1. The number of nitrogens with zero attached hydrogens (tertiary/aromatic N) is 2. The highest BCUT2D eigenvalue weighted by atomic mass is 35.5. The summed E-state index contributed by atoms with van der Waals surface area (Å²) in [6.07, 6.45) is 5.01. The van der Waals surface area contributed by atoms with Gasteiger partial charge in [-0.05, 0) is 63.6 Å². The maximum Gasteiger partial charge on any atom is 0.302 e. The van der Waals surface area contributed by atoms with Gasteiger partial charge in [0.2, 0.25) is 0 Å². The second kappa shape index (κ2) is 17.2. The van der Waals surface area contributed by atoms with Crippen LogP contribution in [0, 0.1) is 40.0 Å². The van der Waals surface area contributed by atoms with Crippen LogP contribution in [-0.4, -0.2) is 67.2 Å². The van der Waals surface area contributed by atoms with Gasteiger partial charge in [0.1, 0.15) is 5.92 Å². The number of carbonyl (C=O) groups excluding carboxylic acids is 3. The zero-order valence-electron chi connectivity index (χ0n) is 28.2. The smallest absolute Gasteiger partial charge is 0.302 e. The Labute approximate surface area is 290 Å². The van der Waals surface area contributed by atoms with Crippen molar-refractivity contribution in [3.05, 3.63) is 65.7 Å². The van der Waals surface area contributed by atoms with Gasteiger partial charge in [-0.3, -0.25) is 34.6 Å². The number of ketones is 3. The normalized spacial score (nSPS) is 16.8. The summed E-state index contributed by atoms with van der Waals surface area (Å²) >= 11 is 6.41. The van der Waals surface area contributed by atoms with Crippen molar-refractivity contribution in [2.45, 2.75) is 96.3 Å². The van der Waals surface area contributed by atoms with E-state index in [-0.39, 0.29) is 76.3 Å². The van der Waals surface area contributed by atoms with Gasteiger partial charge in [0, 0.05) is 54.5 Å². The molecule has 1 atom stereocenters. The number of benzene rings is 2. The van der Waals surface area contributed by atoms with Crippen LogP contribution >= 0.6 is 11.6 Å². The average molecular weight is 724 g/mol. The van der Waals surface area contributed by atoms with Gasteiger partial charge in [-0.15, -0.1) is 0 Å². The molecular weight excluding hydrogens is 682 g/mol. The maximum atomic E-state index is 12.9. The topological polar surface area (TPSA) is 202 Å². The van der Waals surface area contributed by atoms with Crippen LogP contribution in [0.15, 0.2) is 23.1 Å². The minimum absolute atomic E-state index is 0.0109. The summed E-state index contributed by atoms with van der Waals surface area (Å²) in [6, 6.07) is 3.89. The number of anilines is 1. The van der Waals surface area contributed by atoms with Gasteiger partial charge in [0.05, 0.1) is 39.1 Å². The van der Waals surface area contributed by atoms with E-state index in [1.165, 1.54) is 18.2 Å². The van der Waals surface area contributed by atoms with Gasteiger partial charge < -0.3 is 14.8 Å². The number of hydrogen-bond acceptors (Lipinski definition) is 12. The number of nitrogens with one attached hydrogen (secondary N) is 1. The molecule has 0 bridgehead atoms. The highest BCUT2D eigenvalue weighted by Gasteiger charge is 2.38. The van der Waals surface area contributed by atoms with E-state index >= 15 is 0 Å². The van der Waals surface area contributed by atoms with E-state index in [1.54, 1.807) is 13.8 Å². The lowest BCUT2D eigenvalue weighted by Gasteiger charge is -2.20. The number of aryl methyl sites for hydroxylation is 1. The fourth-order valence-corrected chi connectivity index (χ4v) is 7.08. The standard InChI is InChI=1S/C20H23ClO7S.C13H19N3O4/c1-29(25,26)17-8-7-13(20(24)18-15(22)5-2-6-16(18)23)19(21)14(17)11-27-10-12-4-3-9-28-12;1-5-10(6-2)14-12-11(15(17)18)7-8(3)9(4)13(12)16(19)20/h7-8,12,18H,2-6,9-11H2,1H3;7,10,14H,5-6H2,1-4H3. The number of sulfone groups is 1. The van der Waals surface area contributed by atoms with Crippen molar-refractivity contribution in [1.29, 1.82) is 0 Å². The van der Waals surface area contributed by atoms with Crippen LogP contribution in [0.25, 0.3) is 0 Å². The second-order valence-corrected chi connectivity index (χ2v) is 14.5. The summed E-state index contributed by atoms with van der Waals surface area (Å²) in [7, 11) is -3.64. The molecule has 0 radical (unpaired) electrons. The predicted octanol–water partition coefficient (Wildman–Crippen LogP) is 6.28. The van der Waals surface area contributed by atoms with Gasteiger partial charge in [0.25, 0.3) is 5.69 Å². The van der Waals surface area contributed by atoms with Gasteiger partial charge in [-0.25, -0.2) is 8.42 Å². The van der Waals surface area contributed by atoms with Gasteiger partial charge in [0.15, 0.2) is 32.9 Å². The summed E-state index contributed by atoms with van der Waals surface area (Å²) < 4.78 is 35.5. The minimum atomic E-state index is -3.64. The highest BCUT2D eigenvalue weighted by molar-refractivity contribution is 7.90. The number of nitro benzene ring substituents is 2. The molecule has 1 aliphatic carbocycles. The Morgan fingerprint density at radius 2 is 1.71 bits per heavy atom. The quantitative estimate of drug-likeness (QED) is 0.105. The molecular formula is C33H42ClN3O11S. The molecule has 1 saturated heterocycles. The molecule has 2 fully saturated rings. The molecule has 0 aromatic heterocycles. The van der Waals surface area contributed by atoms with Crippen molar-refractivity contribution in [1.82, 2.24) is 0 Å². The first-order chi connectivity index (χ1) is 23.0. The second-order valence-electron chi connectivity index (χ2n) is 12.1. The van der Waals surface area contributed by atoms with E-state index in [2.05, 4.69) is 5.32 Å². The molecule has 1 heterocycles. The first-order valence-corrected chi connectivity index (χ1v) is 18.3. The zero-order chi connectivity index (χ0) is 36.6. The van der Waals surface area contributed by atoms with Crippen LogP contribution < -0.4 is 5.32 Å². The predicted molar refractivity (Wildman–Crippen MR) is 182 cm³/mol. The number of nitro groups is 2. The molecule has 49 heavy (non-hydrogen) atoms. The lowest BCUT2D eigenvalue weighted by atomic mass is 9.81. The van der Waals surface area contributed by atoms with Gasteiger partial charge in [-0.2, -0.15) is 0 Å². The third-order valence-corrected chi connectivity index (χ3v) is 10.3. The minimum Gasteiger partial charge on any atom is -0.376 e. The Hall–Kier alpha value is -3.79. The van der Waals surface area contributed by atoms with Gasteiger partial charge in [-0.1, -0.05) is 25.4 Å². The molecule has 2 aromatic rings. The van der Waals surface area contributed by atoms with Crippen LogP contribution in [0.1, 0.15) is 85.8 Å². The van der Waals surface area contributed by atoms with Crippen LogP contribution in [-0.2, 0) is 35.5 Å². The molecule has 1 aliphatic heterocycles. The number of Topliss-reactive ketones (excluding diaryl/α,β-unsaturated/α-hetero) is 3. The van der Waals surface area contributed by atoms with Crippen LogP contribution in [0.2, 0.25) is 5.02 Å². The number of halogens is 1. The molecule has 2 aromatic carbocycles. The Morgan fingerprint density at radius 1 is 1.08 bits per heavy atom. The lowest BCUT2D eigenvalue weighted by molar-refractivity contribution is -0.392. The number of ether oxygens (including phenoxy) is 2. The molecule has 14 nitrogen and oxygen atoms in total. The molecule has 268 valence electrons. The first-order valence-electron chi connectivity index (χ1n) is 16.0. The molecule has 4 rings (SSSR count). The summed E-state index contributed by atoms with van der Waals surface area (Å²) in [5.41, 5.74) is 0.664. The Bertz CT molecular complexity index is 1700. The Morgan fingerprint density at radius 3 is 2.22 bits per heavy atom. The maximum absolute atomic E-state index is 12.9. The molecule has 1 saturated carbocycles. The average Bonchev–Trinajstić information content (AvgIpc) is 3.55. The molecule has 0 spiro atoms. The monoisotopic (exact) mass is 723 g/mol. The van der Waals surface area contributed by atoms with E-state index in [0.29, 0.717) is 24.2 Å². The van der Waals surface area contributed by atoms with Crippen molar-refractivity contribution in [3.8, 4) is 0 Å². The molecule has 1 unspecified atom stereocenters. The summed E-state index contributed by atoms with van der Waals surface area (Å²) in [5.74, 6) is -2.91. The van der Waals surface area contributed by atoms with Crippen LogP contribution in [0.5, 0.6) is 0 Å². The third kappa shape index (κ3) is 9.68. The van der Waals surface area contributed by atoms with E-state index < -0.39 is 43.0 Å².